The Balaban J connectivity index is 3.28. The number of rotatable bonds is 5. The molecule has 20 heavy (non-hydrogen) atoms. The van der Waals surface area contributed by atoms with Gasteiger partial charge in [0.25, 0.3) is 0 Å². The van der Waals surface area contributed by atoms with Gasteiger partial charge in [-0.2, -0.15) is 5.26 Å². The number of ether oxygens (including phenoxy) is 1. The maximum Gasteiger partial charge on any atom is 0.319 e. The fraction of sp³-hybridized carbons (Fsp3) is 0.357. The number of halogens is 1. The molecule has 0 aliphatic heterocycles. The molecule has 0 bridgehead atoms. The maximum absolute atomic E-state index is 12.0. The molecular formula is C14H13BrN2O3. The zero-order chi connectivity index (χ0) is 15.1. The Hall–Kier alpha value is -1.96. The minimum absolute atomic E-state index is 0.105. The third-order valence-corrected chi connectivity index (χ3v) is 3.32. The van der Waals surface area contributed by atoms with Crippen LogP contribution in [0, 0.1) is 11.3 Å². The number of aromatic nitrogens is 1. The highest BCUT2D eigenvalue weighted by Crippen LogP contribution is 2.25. The number of hydrogen-bond acceptors (Lipinski definition) is 5. The maximum atomic E-state index is 12.0. The quantitative estimate of drug-likeness (QED) is 0.609. The van der Waals surface area contributed by atoms with Crippen LogP contribution in [0.3, 0.4) is 0 Å². The number of hydrogen-bond donors (Lipinski definition) is 0. The van der Waals surface area contributed by atoms with E-state index in [1.165, 1.54) is 6.92 Å². The second-order valence-corrected chi connectivity index (χ2v) is 4.82. The summed E-state index contributed by atoms with van der Waals surface area (Å²) in [4.78, 5) is 27.1. The predicted molar refractivity (Wildman–Crippen MR) is 75.5 cm³/mol. The lowest BCUT2D eigenvalue weighted by molar-refractivity contribution is -0.144. The van der Waals surface area contributed by atoms with Gasteiger partial charge in [-0.25, -0.2) is 4.79 Å². The van der Waals surface area contributed by atoms with Gasteiger partial charge in [0.15, 0.2) is 0 Å². The molecule has 104 valence electrons. The van der Waals surface area contributed by atoms with E-state index < -0.39 is 11.9 Å². The van der Waals surface area contributed by atoms with Gasteiger partial charge in [0, 0.05) is 10.0 Å². The lowest BCUT2D eigenvalue weighted by Crippen LogP contribution is -2.19. The van der Waals surface area contributed by atoms with Gasteiger partial charge in [0.2, 0.25) is 0 Å². The smallest absolute Gasteiger partial charge is 0.319 e. The van der Waals surface area contributed by atoms with Crippen LogP contribution in [0.1, 0.15) is 31.2 Å². The van der Waals surface area contributed by atoms with E-state index >= 15 is 0 Å². The first-order chi connectivity index (χ1) is 9.54. The lowest BCUT2D eigenvalue weighted by Gasteiger charge is -2.14. The number of esters is 1. The summed E-state index contributed by atoms with van der Waals surface area (Å²) >= 11 is 3.29. The summed E-state index contributed by atoms with van der Waals surface area (Å²) < 4.78 is 5.63. The van der Waals surface area contributed by atoms with Crippen LogP contribution in [0.15, 0.2) is 22.2 Å². The van der Waals surface area contributed by atoms with Crippen LogP contribution in [-0.2, 0) is 20.7 Å². The minimum atomic E-state index is -0.891. The van der Waals surface area contributed by atoms with Crippen molar-refractivity contribution >= 4 is 27.8 Å². The molecule has 1 unspecified atom stereocenters. The minimum Gasteiger partial charge on any atom is -0.465 e. The molecule has 1 aromatic rings. The largest absolute Gasteiger partial charge is 0.465 e. The van der Waals surface area contributed by atoms with Crippen molar-refractivity contribution in [2.75, 3.05) is 6.61 Å². The van der Waals surface area contributed by atoms with Gasteiger partial charge in [-0.05, 0) is 41.9 Å². The average Bonchev–Trinajstić information content (AvgIpc) is 2.43. The number of nitriles is 1. The summed E-state index contributed by atoms with van der Waals surface area (Å²) in [6.07, 6.45) is 0.105. The fourth-order valence-corrected chi connectivity index (χ4v) is 2.03. The number of carbonyl (C=O) groups is 1. The van der Waals surface area contributed by atoms with E-state index in [4.69, 9.17) is 10.00 Å². The van der Waals surface area contributed by atoms with E-state index in [0.717, 1.165) is 0 Å². The van der Waals surface area contributed by atoms with Gasteiger partial charge in [0.05, 0.1) is 30.5 Å². The summed E-state index contributed by atoms with van der Waals surface area (Å²) in [7, 11) is 0. The normalized spacial score (nSPS) is 11.1. The molecular weight excluding hydrogens is 324 g/mol. The fourth-order valence-electron chi connectivity index (χ4n) is 1.66. The molecule has 0 aliphatic carbocycles. The highest BCUT2D eigenvalue weighted by molar-refractivity contribution is 9.10. The van der Waals surface area contributed by atoms with Crippen LogP contribution in [0.2, 0.25) is 0 Å². The molecule has 0 radical (unpaired) electrons. The molecule has 0 fully saturated rings. The van der Waals surface area contributed by atoms with Crippen molar-refractivity contribution in [1.29, 1.82) is 5.26 Å². The molecule has 0 aromatic carbocycles. The van der Waals surface area contributed by atoms with Crippen LogP contribution < -0.4 is 0 Å². The van der Waals surface area contributed by atoms with Crippen LogP contribution in [0.25, 0.3) is 0 Å². The highest BCUT2D eigenvalue weighted by atomic mass is 79.9. The van der Waals surface area contributed by atoms with E-state index in [1.807, 2.05) is 6.07 Å². The standard InChI is InChI=1S/C14H13BrN2O3/c1-3-20-14(19)13(9(2)8-18)12-5-4-10(15)11(17-12)6-7-16/h4-5,13H,3,6H2,1-2H3. The second kappa shape index (κ2) is 7.59. The van der Waals surface area contributed by atoms with Crippen molar-refractivity contribution in [3.8, 4) is 6.07 Å². The van der Waals surface area contributed by atoms with Gasteiger partial charge in [-0.1, -0.05) is 0 Å². The van der Waals surface area contributed by atoms with Gasteiger partial charge >= 0.3 is 5.97 Å². The van der Waals surface area contributed by atoms with Gasteiger partial charge < -0.3 is 4.74 Å². The molecule has 5 nitrogen and oxygen atoms in total. The number of nitrogens with zero attached hydrogens (tertiary/aromatic N) is 2. The third kappa shape index (κ3) is 3.77. The molecule has 0 amide bonds. The van der Waals surface area contributed by atoms with Crippen LogP contribution in [0.4, 0.5) is 0 Å². The molecule has 1 aromatic heterocycles. The van der Waals surface area contributed by atoms with E-state index in [9.17, 15) is 9.59 Å². The zero-order valence-electron chi connectivity index (χ0n) is 11.1. The third-order valence-electron chi connectivity index (χ3n) is 2.60. The van der Waals surface area contributed by atoms with E-state index in [-0.39, 0.29) is 18.6 Å². The summed E-state index contributed by atoms with van der Waals surface area (Å²) in [6, 6.07) is 5.31. The first-order valence-electron chi connectivity index (χ1n) is 5.95. The lowest BCUT2D eigenvalue weighted by atomic mass is 9.97. The van der Waals surface area contributed by atoms with E-state index in [2.05, 4.69) is 20.9 Å². The predicted octanol–water partition coefficient (Wildman–Crippen LogP) is 2.33. The van der Waals surface area contributed by atoms with Crippen molar-refractivity contribution in [2.24, 2.45) is 0 Å². The van der Waals surface area contributed by atoms with Crippen molar-refractivity contribution in [3.63, 3.8) is 0 Å². The summed E-state index contributed by atoms with van der Waals surface area (Å²) in [5.74, 6) is 0.277. The Kier molecular flexibility index (Phi) is 6.10. The molecule has 0 N–H and O–H groups in total. The van der Waals surface area contributed by atoms with Gasteiger partial charge in [0.1, 0.15) is 11.9 Å². The van der Waals surface area contributed by atoms with Crippen molar-refractivity contribution in [2.45, 2.75) is 26.2 Å². The van der Waals surface area contributed by atoms with Gasteiger partial charge in [-0.3, -0.25) is 9.78 Å². The molecule has 1 heterocycles. The Bertz CT molecular complexity index is 601. The second-order valence-electron chi connectivity index (χ2n) is 3.97. The summed E-state index contributed by atoms with van der Waals surface area (Å²) in [5.41, 5.74) is 1.08. The molecule has 6 heteroatoms. The first-order valence-corrected chi connectivity index (χ1v) is 6.74. The first kappa shape index (κ1) is 16.1. The number of carbonyl (C=O) groups excluding carboxylic acids is 2. The Morgan fingerprint density at radius 3 is 2.80 bits per heavy atom. The Morgan fingerprint density at radius 2 is 2.25 bits per heavy atom. The molecule has 0 spiro atoms. The van der Waals surface area contributed by atoms with Crippen LogP contribution in [0.5, 0.6) is 0 Å². The Morgan fingerprint density at radius 1 is 1.55 bits per heavy atom. The molecule has 0 saturated carbocycles. The zero-order valence-corrected chi connectivity index (χ0v) is 12.7. The van der Waals surface area contributed by atoms with E-state index in [1.54, 1.807) is 25.0 Å². The van der Waals surface area contributed by atoms with Crippen molar-refractivity contribution in [3.05, 3.63) is 33.6 Å². The molecule has 0 saturated heterocycles. The van der Waals surface area contributed by atoms with Crippen LogP contribution in [-0.4, -0.2) is 23.5 Å². The highest BCUT2D eigenvalue weighted by Gasteiger charge is 2.26. The average molecular weight is 337 g/mol. The van der Waals surface area contributed by atoms with Crippen molar-refractivity contribution < 1.29 is 14.3 Å². The number of pyridine rings is 1. The Labute approximate surface area is 125 Å². The monoisotopic (exact) mass is 336 g/mol. The SMILES string of the molecule is CCOC(=O)C(C(C)=C=O)c1ccc(Br)c(CC#N)n1. The van der Waals surface area contributed by atoms with Crippen LogP contribution >= 0.6 is 15.9 Å². The topological polar surface area (TPSA) is 80.0 Å². The molecule has 1 atom stereocenters. The van der Waals surface area contributed by atoms with Gasteiger partial charge in [-0.15, -0.1) is 0 Å². The summed E-state index contributed by atoms with van der Waals surface area (Å²) in [6.45, 7) is 3.40. The summed E-state index contributed by atoms with van der Waals surface area (Å²) in [5, 5.41) is 8.75. The molecule has 0 aliphatic rings. The van der Waals surface area contributed by atoms with E-state index in [0.29, 0.717) is 15.9 Å². The van der Waals surface area contributed by atoms with Crippen molar-refractivity contribution in [1.82, 2.24) is 4.98 Å². The molecule has 1 rings (SSSR count).